The predicted molar refractivity (Wildman–Crippen MR) is 265 cm³/mol. The fraction of sp³-hybridized carbons (Fsp3) is 0.440. The summed E-state index contributed by atoms with van der Waals surface area (Å²) in [5.41, 5.74) is 10.8. The fourth-order valence-corrected chi connectivity index (χ4v) is 9.92. The molecule has 0 saturated carbocycles. The van der Waals surface area contributed by atoms with Crippen molar-refractivity contribution in [3.8, 4) is 22.8 Å². The van der Waals surface area contributed by atoms with E-state index in [2.05, 4.69) is 120 Å². The zero-order valence-electron chi connectivity index (χ0n) is 39.9. The van der Waals surface area contributed by atoms with Crippen molar-refractivity contribution >= 4 is 46.5 Å². The Bertz CT molecular complexity index is 2820. The first-order valence-corrected chi connectivity index (χ1v) is 22.9. The Balaban J connectivity index is 0.000000181. The standard InChI is InChI=1S/C25H32N8O.C24H29N7O2.CH4/c1-25(2)14-16-15-27-24(29-20(16)22-19(25)21(23(34)26-3)30-32(22)5)28-17-6-8-18(9-7-17)33-12-10-31(4)11-13-33;1-24(2)13-15-14-25-23(27-19(15)21-18(24)20(22(32)33)28-30(21)4)26-16-5-7-17(8-6-16)31-11-9-29(3)10-12-31;/h6-9,15H,10-14H2,1-5H3,(H,26,34)(H,27,28,29);5-8,14H,9-13H2,1-4H3,(H,32,33)(H,25,26,27);1H4/p-1. The first-order chi connectivity index (χ1) is 32.0. The van der Waals surface area contributed by atoms with E-state index in [4.69, 9.17) is 9.97 Å². The first kappa shape index (κ1) is 47.6. The van der Waals surface area contributed by atoms with Crippen LogP contribution < -0.4 is 30.9 Å². The maximum absolute atomic E-state index is 12.5. The maximum atomic E-state index is 12.5. The van der Waals surface area contributed by atoms with Crippen molar-refractivity contribution < 1.29 is 14.7 Å². The number of hydrogen-bond donors (Lipinski definition) is 3. The highest BCUT2D eigenvalue weighted by atomic mass is 16.4. The van der Waals surface area contributed by atoms with Crippen LogP contribution >= 0.6 is 0 Å². The van der Waals surface area contributed by atoms with Crippen LogP contribution in [0.25, 0.3) is 22.8 Å². The summed E-state index contributed by atoms with van der Waals surface area (Å²) in [6.45, 7) is 16.7. The van der Waals surface area contributed by atoms with Gasteiger partial charge in [-0.25, -0.2) is 19.9 Å². The van der Waals surface area contributed by atoms with Crippen LogP contribution in [0.4, 0.5) is 34.6 Å². The van der Waals surface area contributed by atoms with Crippen molar-refractivity contribution in [2.45, 2.75) is 58.8 Å². The van der Waals surface area contributed by atoms with Gasteiger partial charge in [-0.3, -0.25) is 14.2 Å². The molecule has 68 heavy (non-hydrogen) atoms. The summed E-state index contributed by atoms with van der Waals surface area (Å²) in [6.07, 6.45) is 5.08. The van der Waals surface area contributed by atoms with Crippen LogP contribution in [0.1, 0.15) is 78.4 Å². The molecular formula is C50H64N15O3-. The second-order valence-corrected chi connectivity index (χ2v) is 19.4. The van der Waals surface area contributed by atoms with Gasteiger partial charge in [-0.05, 0) is 97.4 Å². The van der Waals surface area contributed by atoms with Crippen LogP contribution in [0, 0.1) is 0 Å². The molecular weight excluding hydrogens is 859 g/mol. The zero-order chi connectivity index (χ0) is 47.4. The third kappa shape index (κ3) is 9.21. The topological polar surface area (TPSA) is 193 Å². The van der Waals surface area contributed by atoms with Crippen LogP contribution in [-0.2, 0) is 37.8 Å². The molecule has 10 rings (SSSR count). The van der Waals surface area contributed by atoms with Gasteiger partial charge in [0.05, 0.1) is 28.7 Å². The molecule has 358 valence electrons. The summed E-state index contributed by atoms with van der Waals surface area (Å²) in [7, 11) is 9.55. The normalized spacial score (nSPS) is 17.0. The molecule has 2 aliphatic heterocycles. The molecule has 0 radical (unpaired) electrons. The van der Waals surface area contributed by atoms with E-state index in [1.807, 2.05) is 45.4 Å². The molecule has 0 bridgehead atoms. The van der Waals surface area contributed by atoms with Gasteiger partial charge < -0.3 is 45.5 Å². The van der Waals surface area contributed by atoms with Gasteiger partial charge in [0.15, 0.2) is 5.69 Å². The van der Waals surface area contributed by atoms with Crippen molar-refractivity contribution in [2.75, 3.05) is 93.9 Å². The second kappa shape index (κ2) is 18.6. The average molecular weight is 923 g/mol. The molecule has 2 aliphatic carbocycles. The summed E-state index contributed by atoms with van der Waals surface area (Å²) < 4.78 is 3.35. The van der Waals surface area contributed by atoms with E-state index in [9.17, 15) is 14.7 Å². The first-order valence-electron chi connectivity index (χ1n) is 22.9. The molecule has 3 N–H and O–H groups in total. The van der Waals surface area contributed by atoms with E-state index in [1.54, 1.807) is 23.5 Å². The minimum atomic E-state index is -1.27. The Morgan fingerprint density at radius 3 is 1.35 bits per heavy atom. The van der Waals surface area contributed by atoms with Crippen molar-refractivity contribution in [3.63, 3.8) is 0 Å². The Kier molecular flexibility index (Phi) is 13.0. The number of carbonyl (C=O) groups is 2. The third-order valence-corrected chi connectivity index (χ3v) is 13.5. The van der Waals surface area contributed by atoms with Gasteiger partial charge in [0.2, 0.25) is 11.9 Å². The van der Waals surface area contributed by atoms with Crippen molar-refractivity contribution in [1.29, 1.82) is 0 Å². The summed E-state index contributed by atoms with van der Waals surface area (Å²) in [6, 6.07) is 16.7. The lowest BCUT2D eigenvalue weighted by atomic mass is 9.73. The SMILES string of the molecule is C.CN1CCN(c2ccc(Nc3ncc4c(n3)-c3c(c(C(=O)[O-])nn3C)C(C)(C)C4)cc2)CC1.CNC(=O)c1nn(C)c2c1C(C)(C)Cc1cnc(Nc3ccc(N4CCN(C)CC4)cc3)nc1-2. The molecule has 6 heterocycles. The number of benzene rings is 2. The molecule has 0 unspecified atom stereocenters. The van der Waals surface area contributed by atoms with Gasteiger partial charge in [0.1, 0.15) is 5.69 Å². The molecule has 4 aromatic heterocycles. The third-order valence-electron chi connectivity index (χ3n) is 13.5. The van der Waals surface area contributed by atoms with Gasteiger partial charge in [-0.1, -0.05) is 35.1 Å². The molecule has 1 amide bonds. The van der Waals surface area contributed by atoms with Crippen LogP contribution in [0.5, 0.6) is 0 Å². The van der Waals surface area contributed by atoms with Crippen molar-refractivity contribution in [1.82, 2.24) is 54.6 Å². The highest BCUT2D eigenvalue weighted by molar-refractivity contribution is 5.96. The number of hydrogen-bond acceptors (Lipinski definition) is 15. The van der Waals surface area contributed by atoms with E-state index < -0.39 is 11.4 Å². The van der Waals surface area contributed by atoms with Crippen LogP contribution in [0.3, 0.4) is 0 Å². The van der Waals surface area contributed by atoms with Crippen LogP contribution in [-0.4, -0.2) is 135 Å². The van der Waals surface area contributed by atoms with Gasteiger partial charge in [0.25, 0.3) is 5.91 Å². The molecule has 0 atom stereocenters. The molecule has 0 spiro atoms. The summed E-state index contributed by atoms with van der Waals surface area (Å²) in [5, 5.41) is 29.8. The molecule has 4 aliphatic rings. The minimum Gasteiger partial charge on any atom is -0.543 e. The van der Waals surface area contributed by atoms with Gasteiger partial charge in [0, 0.05) is 120 Å². The molecule has 2 fully saturated rings. The number of piperazine rings is 2. The number of carbonyl (C=O) groups excluding carboxylic acids is 2. The lowest BCUT2D eigenvalue weighted by Crippen LogP contribution is -2.44. The lowest BCUT2D eigenvalue weighted by Gasteiger charge is -2.34. The quantitative estimate of drug-likeness (QED) is 0.189. The second-order valence-electron chi connectivity index (χ2n) is 19.4. The van der Waals surface area contributed by atoms with Crippen LogP contribution in [0.2, 0.25) is 0 Å². The van der Waals surface area contributed by atoms with Gasteiger partial charge in [-0.2, -0.15) is 10.2 Å². The Morgan fingerprint density at radius 2 is 0.971 bits per heavy atom. The van der Waals surface area contributed by atoms with Crippen LogP contribution in [0.15, 0.2) is 60.9 Å². The average Bonchev–Trinajstić information content (AvgIpc) is 3.87. The van der Waals surface area contributed by atoms with Crippen molar-refractivity contribution in [3.05, 3.63) is 94.6 Å². The van der Waals surface area contributed by atoms with Crippen molar-refractivity contribution in [2.24, 2.45) is 14.1 Å². The smallest absolute Gasteiger partial charge is 0.271 e. The molecule has 6 aromatic rings. The number of nitrogens with zero attached hydrogens (tertiary/aromatic N) is 12. The number of fused-ring (bicyclic) bond motifs is 6. The van der Waals surface area contributed by atoms with E-state index in [-0.39, 0.29) is 24.4 Å². The van der Waals surface area contributed by atoms with E-state index in [0.29, 0.717) is 41.0 Å². The number of rotatable bonds is 8. The molecule has 18 heteroatoms. The summed E-state index contributed by atoms with van der Waals surface area (Å²) in [5.74, 6) is -0.458. The number of nitrogens with one attached hydrogen (secondary N) is 3. The maximum Gasteiger partial charge on any atom is 0.271 e. The Labute approximate surface area is 398 Å². The van der Waals surface area contributed by atoms with E-state index in [0.717, 1.165) is 98.2 Å². The number of anilines is 6. The highest BCUT2D eigenvalue weighted by Gasteiger charge is 2.40. The monoisotopic (exact) mass is 923 g/mol. The van der Waals surface area contributed by atoms with E-state index >= 15 is 0 Å². The van der Waals surface area contributed by atoms with Gasteiger partial charge in [-0.15, -0.1) is 0 Å². The van der Waals surface area contributed by atoms with E-state index in [1.165, 1.54) is 11.4 Å². The minimum absolute atomic E-state index is 0. The predicted octanol–water partition coefficient (Wildman–Crippen LogP) is 4.77. The van der Waals surface area contributed by atoms with Gasteiger partial charge >= 0.3 is 0 Å². The number of carboxylic acid groups (broad SMARTS) is 1. The highest BCUT2D eigenvalue weighted by Crippen LogP contribution is 2.45. The number of aryl methyl sites for hydroxylation is 2. The molecule has 18 nitrogen and oxygen atoms in total. The Morgan fingerprint density at radius 1 is 0.588 bits per heavy atom. The number of aromatic nitrogens is 8. The lowest BCUT2D eigenvalue weighted by molar-refractivity contribution is -0.255. The number of likely N-dealkylation sites (N-methyl/N-ethyl adjacent to an activating group) is 2. The Hall–Kier alpha value is -6.92. The molecule has 2 saturated heterocycles. The number of carboxylic acids is 1. The fourth-order valence-electron chi connectivity index (χ4n) is 9.92. The largest absolute Gasteiger partial charge is 0.543 e. The zero-order valence-corrected chi connectivity index (χ0v) is 39.9. The number of aromatic carboxylic acids is 1. The summed E-state index contributed by atoms with van der Waals surface area (Å²) in [4.78, 5) is 52.5. The molecule has 2 aromatic carbocycles. The number of amides is 1. The summed E-state index contributed by atoms with van der Waals surface area (Å²) >= 11 is 0.